The molecule has 0 aromatic heterocycles. The predicted octanol–water partition coefficient (Wildman–Crippen LogP) is 3.54. The third-order valence-electron chi connectivity index (χ3n) is 3.54. The van der Waals surface area contributed by atoms with Gasteiger partial charge in [0, 0.05) is 12.0 Å². The first-order valence-electron chi connectivity index (χ1n) is 7.36. The van der Waals surface area contributed by atoms with Crippen molar-refractivity contribution in [3.05, 3.63) is 70.9 Å². The second-order valence-electron chi connectivity index (χ2n) is 5.33. The molecular weight excluding hydrogens is 290 g/mol. The Hall–Kier alpha value is -2.88. The molecule has 1 aliphatic rings. The van der Waals surface area contributed by atoms with E-state index in [9.17, 15) is 4.79 Å². The Morgan fingerprint density at radius 3 is 2.70 bits per heavy atom. The number of carbonyl (C=O) groups excluding carboxylic acids is 1. The Balaban J connectivity index is 1.88. The molecule has 2 aromatic rings. The zero-order valence-electron chi connectivity index (χ0n) is 13.1. The highest BCUT2D eigenvalue weighted by molar-refractivity contribution is 6.07. The highest BCUT2D eigenvalue weighted by Crippen LogP contribution is 2.25. The van der Waals surface area contributed by atoms with E-state index in [-0.39, 0.29) is 0 Å². The van der Waals surface area contributed by atoms with Crippen LogP contribution in [-0.4, -0.2) is 19.0 Å². The number of nitrogens with zero attached hydrogens (tertiary/aromatic N) is 1. The van der Waals surface area contributed by atoms with E-state index in [0.29, 0.717) is 23.8 Å². The summed E-state index contributed by atoms with van der Waals surface area (Å²) in [4.78, 5) is 16.3. The lowest BCUT2D eigenvalue weighted by atomic mass is 10.1. The average Bonchev–Trinajstić information content (AvgIpc) is 2.88. The molecular formula is C19H17NO3. The minimum Gasteiger partial charge on any atom is -0.496 e. The summed E-state index contributed by atoms with van der Waals surface area (Å²) in [7, 11) is 1.60. The zero-order chi connectivity index (χ0) is 16.2. The van der Waals surface area contributed by atoms with Crippen LogP contribution in [-0.2, 0) is 16.0 Å². The van der Waals surface area contributed by atoms with E-state index in [0.717, 1.165) is 16.7 Å². The molecule has 0 radical (unpaired) electrons. The quantitative estimate of drug-likeness (QED) is 0.641. The van der Waals surface area contributed by atoms with Crippen molar-refractivity contribution in [1.82, 2.24) is 0 Å². The summed E-state index contributed by atoms with van der Waals surface area (Å²) in [6, 6.07) is 15.6. The maximum absolute atomic E-state index is 12.0. The smallest absolute Gasteiger partial charge is 0.363 e. The minimum atomic E-state index is -0.431. The van der Waals surface area contributed by atoms with Gasteiger partial charge in [-0.25, -0.2) is 9.79 Å². The van der Waals surface area contributed by atoms with Crippen LogP contribution in [0.15, 0.2) is 59.2 Å². The van der Waals surface area contributed by atoms with Gasteiger partial charge in [-0.15, -0.1) is 0 Å². The van der Waals surface area contributed by atoms with E-state index >= 15 is 0 Å². The molecule has 0 saturated carbocycles. The highest BCUT2D eigenvalue weighted by Gasteiger charge is 2.23. The van der Waals surface area contributed by atoms with Gasteiger partial charge < -0.3 is 9.47 Å². The summed E-state index contributed by atoms with van der Waals surface area (Å²) in [6.45, 7) is 1.98. The Labute approximate surface area is 135 Å². The maximum atomic E-state index is 12.0. The number of esters is 1. The van der Waals surface area contributed by atoms with Crippen LogP contribution in [0.3, 0.4) is 0 Å². The molecule has 0 bridgehead atoms. The summed E-state index contributed by atoms with van der Waals surface area (Å²) >= 11 is 0. The van der Waals surface area contributed by atoms with Crippen molar-refractivity contribution in [2.75, 3.05) is 7.11 Å². The molecule has 1 heterocycles. The SMILES string of the molecule is COc1ccc(C)cc1/C=C1/N=C(Cc2ccccc2)OC1=O. The number of aryl methyl sites for hydroxylation is 1. The molecule has 0 spiro atoms. The number of benzene rings is 2. The molecule has 4 heteroatoms. The van der Waals surface area contributed by atoms with Gasteiger partial charge in [-0.1, -0.05) is 42.0 Å². The molecule has 4 nitrogen and oxygen atoms in total. The second kappa shape index (κ2) is 6.48. The molecule has 0 N–H and O–H groups in total. The average molecular weight is 307 g/mol. The van der Waals surface area contributed by atoms with Gasteiger partial charge in [-0.3, -0.25) is 0 Å². The van der Waals surface area contributed by atoms with Crippen LogP contribution >= 0.6 is 0 Å². The first-order chi connectivity index (χ1) is 11.2. The van der Waals surface area contributed by atoms with Gasteiger partial charge in [0.2, 0.25) is 5.90 Å². The lowest BCUT2D eigenvalue weighted by Gasteiger charge is -2.05. The lowest BCUT2D eigenvalue weighted by molar-refractivity contribution is -0.130. The fraction of sp³-hybridized carbons (Fsp3) is 0.158. The number of methoxy groups -OCH3 is 1. The van der Waals surface area contributed by atoms with Crippen LogP contribution in [0.4, 0.5) is 0 Å². The number of aliphatic imine (C=N–C) groups is 1. The number of hydrogen-bond acceptors (Lipinski definition) is 4. The molecule has 0 aliphatic carbocycles. The number of hydrogen-bond donors (Lipinski definition) is 0. The van der Waals surface area contributed by atoms with Crippen molar-refractivity contribution in [2.24, 2.45) is 4.99 Å². The van der Waals surface area contributed by atoms with E-state index in [2.05, 4.69) is 4.99 Å². The molecule has 3 rings (SSSR count). The van der Waals surface area contributed by atoms with Crippen molar-refractivity contribution < 1.29 is 14.3 Å². The molecule has 23 heavy (non-hydrogen) atoms. The maximum Gasteiger partial charge on any atom is 0.363 e. The fourth-order valence-electron chi connectivity index (χ4n) is 2.41. The van der Waals surface area contributed by atoms with Crippen LogP contribution in [0.1, 0.15) is 16.7 Å². The van der Waals surface area contributed by atoms with Crippen LogP contribution in [0, 0.1) is 6.92 Å². The highest BCUT2D eigenvalue weighted by atomic mass is 16.6. The predicted molar refractivity (Wildman–Crippen MR) is 89.4 cm³/mol. The summed E-state index contributed by atoms with van der Waals surface area (Å²) < 4.78 is 10.6. The van der Waals surface area contributed by atoms with E-state index < -0.39 is 5.97 Å². The van der Waals surface area contributed by atoms with Crippen molar-refractivity contribution in [3.63, 3.8) is 0 Å². The Morgan fingerprint density at radius 2 is 1.96 bits per heavy atom. The first-order valence-corrected chi connectivity index (χ1v) is 7.36. The summed E-state index contributed by atoms with van der Waals surface area (Å²) in [5.74, 6) is 0.682. The lowest BCUT2D eigenvalue weighted by Crippen LogP contribution is -2.06. The fourth-order valence-corrected chi connectivity index (χ4v) is 2.41. The number of cyclic esters (lactones) is 1. The van der Waals surface area contributed by atoms with Crippen molar-refractivity contribution >= 4 is 17.9 Å². The van der Waals surface area contributed by atoms with E-state index in [1.54, 1.807) is 13.2 Å². The Kier molecular flexibility index (Phi) is 4.24. The van der Waals surface area contributed by atoms with Crippen LogP contribution in [0.5, 0.6) is 5.75 Å². The van der Waals surface area contributed by atoms with Gasteiger partial charge in [-0.2, -0.15) is 0 Å². The van der Waals surface area contributed by atoms with Crippen LogP contribution < -0.4 is 4.74 Å². The van der Waals surface area contributed by atoms with Crippen molar-refractivity contribution in [1.29, 1.82) is 0 Å². The first kappa shape index (κ1) is 15.0. The molecule has 2 aromatic carbocycles. The molecule has 0 atom stereocenters. The molecule has 0 saturated heterocycles. The van der Waals surface area contributed by atoms with E-state index in [1.165, 1.54) is 0 Å². The zero-order valence-corrected chi connectivity index (χ0v) is 13.1. The molecule has 1 aliphatic heterocycles. The second-order valence-corrected chi connectivity index (χ2v) is 5.33. The molecule has 116 valence electrons. The number of ether oxygens (including phenoxy) is 2. The van der Waals surface area contributed by atoms with E-state index in [1.807, 2.05) is 55.5 Å². The summed E-state index contributed by atoms with van der Waals surface area (Å²) in [5.41, 5.74) is 3.23. The topological polar surface area (TPSA) is 47.9 Å². The van der Waals surface area contributed by atoms with E-state index in [4.69, 9.17) is 9.47 Å². The summed E-state index contributed by atoms with van der Waals surface area (Å²) in [6.07, 6.45) is 2.20. The third-order valence-corrected chi connectivity index (χ3v) is 3.54. The van der Waals surface area contributed by atoms with Gasteiger partial charge in [0.05, 0.1) is 7.11 Å². The van der Waals surface area contributed by atoms with Gasteiger partial charge in [0.25, 0.3) is 0 Å². The number of carbonyl (C=O) groups is 1. The molecule has 0 fully saturated rings. The summed E-state index contributed by atoms with van der Waals surface area (Å²) in [5, 5.41) is 0. The van der Waals surface area contributed by atoms with Crippen molar-refractivity contribution in [2.45, 2.75) is 13.3 Å². The van der Waals surface area contributed by atoms with Crippen molar-refractivity contribution in [3.8, 4) is 5.75 Å². The normalized spacial score (nSPS) is 15.5. The van der Waals surface area contributed by atoms with Gasteiger partial charge in [0.15, 0.2) is 5.70 Å². The standard InChI is InChI=1S/C19H17NO3/c1-13-8-9-17(22-2)15(10-13)12-16-19(21)23-18(20-16)11-14-6-4-3-5-7-14/h3-10,12H,11H2,1-2H3/b16-12+. The van der Waals surface area contributed by atoms with Crippen LogP contribution in [0.2, 0.25) is 0 Å². The monoisotopic (exact) mass is 307 g/mol. The van der Waals surface area contributed by atoms with Gasteiger partial charge in [0.1, 0.15) is 5.75 Å². The van der Waals surface area contributed by atoms with Gasteiger partial charge >= 0.3 is 5.97 Å². The number of rotatable bonds is 4. The van der Waals surface area contributed by atoms with Gasteiger partial charge in [-0.05, 0) is 30.7 Å². The minimum absolute atomic E-state index is 0.292. The van der Waals surface area contributed by atoms with Crippen LogP contribution in [0.25, 0.3) is 6.08 Å². The Bertz CT molecular complexity index is 792. The Morgan fingerprint density at radius 1 is 1.17 bits per heavy atom. The largest absolute Gasteiger partial charge is 0.496 e. The molecule has 0 amide bonds. The third kappa shape index (κ3) is 3.48. The molecule has 0 unspecified atom stereocenters.